The Kier molecular flexibility index (Phi) is 3.56. The molecule has 1 aromatic carbocycles. The van der Waals surface area contributed by atoms with E-state index >= 15 is 0 Å². The highest BCUT2D eigenvalue weighted by Gasteiger charge is 2.36. The second-order valence-corrected chi connectivity index (χ2v) is 3.94. The summed E-state index contributed by atoms with van der Waals surface area (Å²) in [5.74, 6) is -1.23. The van der Waals surface area contributed by atoms with E-state index in [-0.39, 0.29) is 6.54 Å². The first-order valence-corrected chi connectivity index (χ1v) is 5.57. The van der Waals surface area contributed by atoms with Crippen LogP contribution in [-0.4, -0.2) is 47.1 Å². The van der Waals surface area contributed by atoms with Crippen molar-refractivity contribution in [3.8, 4) is 0 Å². The molecule has 1 aliphatic heterocycles. The predicted molar refractivity (Wildman–Crippen MR) is 67.0 cm³/mol. The maximum Gasteiger partial charge on any atom is 0.348 e. The first-order chi connectivity index (χ1) is 9.08. The SMILES string of the molecule is NC(=O)CN1C(=O)CN(N=Cc2ccccc2)C1=O. The second-order valence-electron chi connectivity index (χ2n) is 3.94. The third-order valence-corrected chi connectivity index (χ3v) is 2.50. The third-order valence-electron chi connectivity index (χ3n) is 2.50. The van der Waals surface area contributed by atoms with Crippen molar-refractivity contribution < 1.29 is 14.4 Å². The maximum absolute atomic E-state index is 11.8. The Morgan fingerprint density at radius 3 is 2.63 bits per heavy atom. The molecule has 19 heavy (non-hydrogen) atoms. The van der Waals surface area contributed by atoms with Crippen LogP contribution in [0.3, 0.4) is 0 Å². The van der Waals surface area contributed by atoms with Crippen molar-refractivity contribution in [3.63, 3.8) is 0 Å². The van der Waals surface area contributed by atoms with Crippen LogP contribution in [0.25, 0.3) is 0 Å². The predicted octanol–water partition coefficient (Wildman–Crippen LogP) is -0.230. The number of benzene rings is 1. The molecule has 0 aromatic heterocycles. The molecule has 1 saturated heterocycles. The Morgan fingerprint density at radius 2 is 2.00 bits per heavy atom. The van der Waals surface area contributed by atoms with Crippen LogP contribution >= 0.6 is 0 Å². The van der Waals surface area contributed by atoms with Gasteiger partial charge in [0.15, 0.2) is 0 Å². The van der Waals surface area contributed by atoms with E-state index < -0.39 is 24.4 Å². The summed E-state index contributed by atoms with van der Waals surface area (Å²) in [5.41, 5.74) is 5.77. The number of carbonyl (C=O) groups excluding carboxylic acids is 3. The minimum atomic E-state index is -0.740. The summed E-state index contributed by atoms with van der Waals surface area (Å²) >= 11 is 0. The molecule has 0 spiro atoms. The highest BCUT2D eigenvalue weighted by atomic mass is 16.2. The summed E-state index contributed by atoms with van der Waals surface area (Å²) in [5, 5.41) is 4.92. The van der Waals surface area contributed by atoms with Gasteiger partial charge in [-0.1, -0.05) is 30.3 Å². The van der Waals surface area contributed by atoms with Gasteiger partial charge in [-0.25, -0.2) is 9.80 Å². The summed E-state index contributed by atoms with van der Waals surface area (Å²) in [6, 6.07) is 8.50. The zero-order valence-corrected chi connectivity index (χ0v) is 10.0. The van der Waals surface area contributed by atoms with Crippen LogP contribution in [0.15, 0.2) is 35.4 Å². The van der Waals surface area contributed by atoms with Crippen molar-refractivity contribution in [3.05, 3.63) is 35.9 Å². The Bertz CT molecular complexity index is 541. The molecule has 0 aliphatic carbocycles. The van der Waals surface area contributed by atoms with E-state index in [1.165, 1.54) is 6.21 Å². The Hall–Kier alpha value is -2.70. The van der Waals surface area contributed by atoms with Gasteiger partial charge >= 0.3 is 6.03 Å². The van der Waals surface area contributed by atoms with Crippen molar-refractivity contribution in [2.75, 3.05) is 13.1 Å². The number of hydrogen-bond donors (Lipinski definition) is 1. The van der Waals surface area contributed by atoms with Crippen LogP contribution in [0, 0.1) is 0 Å². The zero-order chi connectivity index (χ0) is 13.8. The van der Waals surface area contributed by atoms with Gasteiger partial charge in [-0.05, 0) is 5.56 Å². The van der Waals surface area contributed by atoms with E-state index in [4.69, 9.17) is 5.73 Å². The number of hydrogen-bond acceptors (Lipinski definition) is 4. The lowest BCUT2D eigenvalue weighted by Gasteiger charge is -2.11. The van der Waals surface area contributed by atoms with Gasteiger partial charge in [-0.3, -0.25) is 14.5 Å². The smallest absolute Gasteiger partial charge is 0.348 e. The number of primary amides is 1. The normalized spacial score (nSPS) is 15.6. The number of nitrogens with two attached hydrogens (primary N) is 1. The van der Waals surface area contributed by atoms with Crippen LogP contribution in [0.5, 0.6) is 0 Å². The lowest BCUT2D eigenvalue weighted by Crippen LogP contribution is -2.38. The third kappa shape index (κ3) is 2.95. The zero-order valence-electron chi connectivity index (χ0n) is 10.0. The van der Waals surface area contributed by atoms with Crippen molar-refractivity contribution >= 4 is 24.1 Å². The minimum Gasteiger partial charge on any atom is -0.368 e. The number of imide groups is 1. The minimum absolute atomic E-state index is 0.185. The molecule has 0 saturated carbocycles. The van der Waals surface area contributed by atoms with Gasteiger partial charge in [0.25, 0.3) is 5.91 Å². The fraction of sp³-hybridized carbons (Fsp3) is 0.167. The molecular formula is C12H12N4O3. The molecule has 1 fully saturated rings. The van der Waals surface area contributed by atoms with Gasteiger partial charge in [-0.2, -0.15) is 5.10 Å². The molecule has 0 bridgehead atoms. The van der Waals surface area contributed by atoms with Crippen LogP contribution < -0.4 is 5.73 Å². The van der Waals surface area contributed by atoms with E-state index in [1.807, 2.05) is 30.3 Å². The Balaban J connectivity index is 2.07. The summed E-state index contributed by atoms with van der Waals surface area (Å²) in [6.07, 6.45) is 1.47. The monoisotopic (exact) mass is 260 g/mol. The molecular weight excluding hydrogens is 248 g/mol. The molecule has 7 nitrogen and oxygen atoms in total. The second kappa shape index (κ2) is 5.30. The average Bonchev–Trinajstić information content (AvgIpc) is 2.65. The number of hydrazone groups is 1. The highest BCUT2D eigenvalue weighted by Crippen LogP contribution is 2.10. The molecule has 1 aromatic rings. The number of amides is 4. The molecule has 1 aliphatic rings. The summed E-state index contributed by atoms with van der Waals surface area (Å²) in [6.45, 7) is -0.607. The van der Waals surface area contributed by atoms with Crippen molar-refractivity contribution in [1.82, 2.24) is 9.91 Å². The van der Waals surface area contributed by atoms with E-state index in [0.717, 1.165) is 15.5 Å². The number of rotatable bonds is 4. The van der Waals surface area contributed by atoms with Crippen molar-refractivity contribution in [1.29, 1.82) is 0 Å². The molecule has 7 heteroatoms. The maximum atomic E-state index is 11.8. The van der Waals surface area contributed by atoms with Gasteiger partial charge in [-0.15, -0.1) is 0 Å². The fourth-order valence-corrected chi connectivity index (χ4v) is 1.60. The molecule has 0 atom stereocenters. The van der Waals surface area contributed by atoms with E-state index in [0.29, 0.717) is 0 Å². The summed E-state index contributed by atoms with van der Waals surface area (Å²) in [7, 11) is 0. The molecule has 2 N–H and O–H groups in total. The highest BCUT2D eigenvalue weighted by molar-refractivity contribution is 6.04. The lowest BCUT2D eigenvalue weighted by atomic mass is 10.2. The summed E-state index contributed by atoms with van der Waals surface area (Å²) in [4.78, 5) is 34.8. The largest absolute Gasteiger partial charge is 0.368 e. The van der Waals surface area contributed by atoms with Gasteiger partial charge < -0.3 is 5.73 Å². The Labute approximate surface area is 109 Å². The van der Waals surface area contributed by atoms with Gasteiger partial charge in [0.05, 0.1) is 6.21 Å². The average molecular weight is 260 g/mol. The fourth-order valence-electron chi connectivity index (χ4n) is 1.60. The van der Waals surface area contributed by atoms with Gasteiger partial charge in [0.2, 0.25) is 5.91 Å². The Morgan fingerprint density at radius 1 is 1.32 bits per heavy atom. The number of carbonyl (C=O) groups is 3. The lowest BCUT2D eigenvalue weighted by molar-refractivity contribution is -0.129. The number of urea groups is 1. The first-order valence-electron chi connectivity index (χ1n) is 5.57. The molecule has 0 unspecified atom stereocenters. The first kappa shape index (κ1) is 12.7. The van der Waals surface area contributed by atoms with E-state index in [9.17, 15) is 14.4 Å². The van der Waals surface area contributed by atoms with Crippen LogP contribution in [0.1, 0.15) is 5.56 Å². The van der Waals surface area contributed by atoms with Crippen molar-refractivity contribution in [2.45, 2.75) is 0 Å². The standard InChI is InChI=1S/C12H12N4O3/c13-10(17)7-15-11(18)8-16(12(15)19)14-6-9-4-2-1-3-5-9/h1-6H,7-8H2,(H2,13,17). The van der Waals surface area contributed by atoms with E-state index in [1.54, 1.807) is 0 Å². The molecule has 0 radical (unpaired) electrons. The van der Waals surface area contributed by atoms with Gasteiger partial charge in [0.1, 0.15) is 13.1 Å². The van der Waals surface area contributed by atoms with E-state index in [2.05, 4.69) is 5.10 Å². The van der Waals surface area contributed by atoms with Crippen LogP contribution in [0.2, 0.25) is 0 Å². The topological polar surface area (TPSA) is 96.1 Å². The summed E-state index contributed by atoms with van der Waals surface area (Å²) < 4.78 is 0. The molecule has 2 rings (SSSR count). The molecule has 4 amide bonds. The number of nitrogens with zero attached hydrogens (tertiary/aromatic N) is 3. The van der Waals surface area contributed by atoms with Crippen LogP contribution in [0.4, 0.5) is 4.79 Å². The molecule has 1 heterocycles. The molecule has 98 valence electrons. The van der Waals surface area contributed by atoms with Crippen LogP contribution in [-0.2, 0) is 9.59 Å². The quantitative estimate of drug-likeness (QED) is 0.598. The van der Waals surface area contributed by atoms with Crippen molar-refractivity contribution in [2.24, 2.45) is 10.8 Å². The van der Waals surface area contributed by atoms with Gasteiger partial charge in [0, 0.05) is 0 Å².